The summed E-state index contributed by atoms with van der Waals surface area (Å²) in [4.78, 5) is 2.58. The second-order valence-electron chi connectivity index (χ2n) is 4.98. The van der Waals surface area contributed by atoms with Crippen molar-refractivity contribution in [3.8, 4) is 0 Å². The zero-order chi connectivity index (χ0) is 10.6. The van der Waals surface area contributed by atoms with Crippen LogP contribution in [-0.2, 0) is 0 Å². The van der Waals surface area contributed by atoms with E-state index in [-0.39, 0.29) is 0 Å². The second-order valence-corrected chi connectivity index (χ2v) is 4.98. The van der Waals surface area contributed by atoms with Gasteiger partial charge in [-0.05, 0) is 24.2 Å². The molecule has 1 fully saturated rings. The maximum atomic E-state index is 2.58. The van der Waals surface area contributed by atoms with Gasteiger partial charge >= 0.3 is 0 Å². The summed E-state index contributed by atoms with van der Waals surface area (Å²) < 4.78 is 0. The lowest BCUT2D eigenvalue weighted by atomic mass is 9.88. The highest BCUT2D eigenvalue weighted by Crippen LogP contribution is 2.28. The second kappa shape index (κ2) is 5.55. The van der Waals surface area contributed by atoms with Crippen LogP contribution in [0.2, 0.25) is 0 Å². The quantitative estimate of drug-likeness (QED) is 0.623. The average Bonchev–Trinajstić information content (AvgIpc) is 2.47. The summed E-state index contributed by atoms with van der Waals surface area (Å²) in [5.41, 5.74) is 0. The Morgan fingerprint density at radius 2 is 2.00 bits per heavy atom. The van der Waals surface area contributed by atoms with Crippen molar-refractivity contribution in [3.63, 3.8) is 0 Å². The molecule has 0 amide bonds. The molecule has 0 aromatic heterocycles. The molecule has 1 rings (SSSR count). The van der Waals surface area contributed by atoms with Crippen molar-refractivity contribution in [2.75, 3.05) is 19.6 Å². The summed E-state index contributed by atoms with van der Waals surface area (Å²) in [6.07, 6.45) is 5.75. The Bertz CT molecular complexity index is 184. The van der Waals surface area contributed by atoms with E-state index in [0.29, 0.717) is 0 Å². The van der Waals surface area contributed by atoms with Crippen molar-refractivity contribution in [3.05, 3.63) is 12.2 Å². The van der Waals surface area contributed by atoms with Crippen LogP contribution in [0.5, 0.6) is 0 Å². The standard InChI is InChI=1S/C13H25N/c1-5-6-7-8-14-9-12(4)13(10-14)11(2)3/h6-7,11-13H,5,8-10H2,1-4H3/b7-6+/t12-,13?/m0/s1. The van der Waals surface area contributed by atoms with Crippen molar-refractivity contribution < 1.29 is 0 Å². The van der Waals surface area contributed by atoms with Gasteiger partial charge in [-0.3, -0.25) is 4.90 Å². The molecule has 1 nitrogen and oxygen atoms in total. The minimum Gasteiger partial charge on any atom is -0.299 e. The molecule has 0 saturated carbocycles. The van der Waals surface area contributed by atoms with Crippen LogP contribution in [0.1, 0.15) is 34.1 Å². The predicted octanol–water partition coefficient (Wildman–Crippen LogP) is 3.18. The monoisotopic (exact) mass is 195 g/mol. The number of nitrogens with zero attached hydrogens (tertiary/aromatic N) is 1. The van der Waals surface area contributed by atoms with Crippen LogP contribution in [0.25, 0.3) is 0 Å². The molecular formula is C13H25N. The smallest absolute Gasteiger partial charge is 0.0163 e. The highest BCUT2D eigenvalue weighted by molar-refractivity contribution is 4.89. The third-order valence-corrected chi connectivity index (χ3v) is 3.37. The summed E-state index contributed by atoms with van der Waals surface area (Å²) in [6.45, 7) is 13.0. The van der Waals surface area contributed by atoms with E-state index in [1.165, 1.54) is 13.1 Å². The number of rotatable bonds is 4. The van der Waals surface area contributed by atoms with E-state index in [9.17, 15) is 0 Å². The Labute approximate surface area is 89.2 Å². The van der Waals surface area contributed by atoms with Crippen LogP contribution < -0.4 is 0 Å². The first-order valence-corrected chi connectivity index (χ1v) is 6.02. The van der Waals surface area contributed by atoms with Gasteiger partial charge in [0.05, 0.1) is 0 Å². The first-order valence-electron chi connectivity index (χ1n) is 6.02. The van der Waals surface area contributed by atoms with Gasteiger partial charge in [-0.25, -0.2) is 0 Å². The van der Waals surface area contributed by atoms with Gasteiger partial charge in [0.2, 0.25) is 0 Å². The van der Waals surface area contributed by atoms with E-state index >= 15 is 0 Å². The van der Waals surface area contributed by atoms with E-state index in [1.54, 1.807) is 0 Å². The fourth-order valence-corrected chi connectivity index (χ4v) is 2.50. The maximum Gasteiger partial charge on any atom is 0.0163 e. The number of hydrogen-bond acceptors (Lipinski definition) is 1. The van der Waals surface area contributed by atoms with Crippen LogP contribution in [0.4, 0.5) is 0 Å². The molecule has 1 heteroatoms. The van der Waals surface area contributed by atoms with Gasteiger partial charge < -0.3 is 0 Å². The number of likely N-dealkylation sites (tertiary alicyclic amines) is 1. The van der Waals surface area contributed by atoms with E-state index in [1.807, 2.05) is 0 Å². The summed E-state index contributed by atoms with van der Waals surface area (Å²) in [5.74, 6) is 2.63. The van der Waals surface area contributed by atoms with Crippen LogP contribution >= 0.6 is 0 Å². The molecule has 0 aliphatic carbocycles. The van der Waals surface area contributed by atoms with Gasteiger partial charge in [0.1, 0.15) is 0 Å². The zero-order valence-corrected chi connectivity index (χ0v) is 10.2. The van der Waals surface area contributed by atoms with Crippen LogP contribution in [-0.4, -0.2) is 24.5 Å². The van der Waals surface area contributed by atoms with E-state index in [2.05, 4.69) is 44.7 Å². The van der Waals surface area contributed by atoms with Crippen LogP contribution in [0.15, 0.2) is 12.2 Å². The van der Waals surface area contributed by atoms with E-state index in [4.69, 9.17) is 0 Å². The topological polar surface area (TPSA) is 3.24 Å². The Balaban J connectivity index is 2.35. The van der Waals surface area contributed by atoms with Crippen molar-refractivity contribution in [2.24, 2.45) is 17.8 Å². The Morgan fingerprint density at radius 1 is 1.29 bits per heavy atom. The Hall–Kier alpha value is -0.300. The van der Waals surface area contributed by atoms with Crippen LogP contribution in [0.3, 0.4) is 0 Å². The zero-order valence-electron chi connectivity index (χ0n) is 10.2. The summed E-state index contributed by atoms with van der Waals surface area (Å²) in [5, 5.41) is 0. The van der Waals surface area contributed by atoms with Crippen LogP contribution in [0, 0.1) is 17.8 Å². The highest BCUT2D eigenvalue weighted by Gasteiger charge is 2.30. The molecule has 0 aromatic rings. The lowest BCUT2D eigenvalue weighted by Crippen LogP contribution is -2.21. The van der Waals surface area contributed by atoms with Gasteiger partial charge in [0.15, 0.2) is 0 Å². The molecular weight excluding hydrogens is 170 g/mol. The molecule has 0 bridgehead atoms. The lowest BCUT2D eigenvalue weighted by Gasteiger charge is -2.18. The molecule has 82 valence electrons. The largest absolute Gasteiger partial charge is 0.299 e. The fraction of sp³-hybridized carbons (Fsp3) is 0.846. The van der Waals surface area contributed by atoms with Crippen molar-refractivity contribution >= 4 is 0 Å². The third kappa shape index (κ3) is 3.13. The summed E-state index contributed by atoms with van der Waals surface area (Å²) in [7, 11) is 0. The highest BCUT2D eigenvalue weighted by atomic mass is 15.1. The Morgan fingerprint density at radius 3 is 2.50 bits per heavy atom. The molecule has 1 unspecified atom stereocenters. The van der Waals surface area contributed by atoms with Crippen molar-refractivity contribution in [2.45, 2.75) is 34.1 Å². The van der Waals surface area contributed by atoms with Gasteiger partial charge in [0.25, 0.3) is 0 Å². The first kappa shape index (κ1) is 11.8. The fourth-order valence-electron chi connectivity index (χ4n) is 2.50. The van der Waals surface area contributed by atoms with Gasteiger partial charge in [0, 0.05) is 19.6 Å². The molecule has 1 saturated heterocycles. The first-order chi connectivity index (χ1) is 6.65. The minimum atomic E-state index is 0.838. The van der Waals surface area contributed by atoms with Crippen molar-refractivity contribution in [1.82, 2.24) is 4.90 Å². The van der Waals surface area contributed by atoms with Gasteiger partial charge in [-0.1, -0.05) is 39.8 Å². The van der Waals surface area contributed by atoms with Gasteiger partial charge in [-0.2, -0.15) is 0 Å². The molecule has 0 radical (unpaired) electrons. The molecule has 0 spiro atoms. The van der Waals surface area contributed by atoms with E-state index < -0.39 is 0 Å². The summed E-state index contributed by atoms with van der Waals surface area (Å²) >= 11 is 0. The van der Waals surface area contributed by atoms with Gasteiger partial charge in [-0.15, -0.1) is 0 Å². The third-order valence-electron chi connectivity index (χ3n) is 3.37. The minimum absolute atomic E-state index is 0.838. The molecule has 14 heavy (non-hydrogen) atoms. The Kier molecular flexibility index (Phi) is 4.67. The van der Waals surface area contributed by atoms with E-state index in [0.717, 1.165) is 30.7 Å². The molecule has 0 N–H and O–H groups in total. The molecule has 1 aliphatic rings. The predicted molar refractivity (Wildman–Crippen MR) is 63.4 cm³/mol. The lowest BCUT2D eigenvalue weighted by molar-refractivity contribution is 0.318. The maximum absolute atomic E-state index is 2.58. The molecule has 2 atom stereocenters. The number of allylic oxidation sites excluding steroid dienone is 1. The molecule has 1 aliphatic heterocycles. The SMILES string of the molecule is CC/C=C/CN1CC(C(C)C)[C@@H](C)C1. The summed E-state index contributed by atoms with van der Waals surface area (Å²) in [6, 6.07) is 0. The van der Waals surface area contributed by atoms with Crippen molar-refractivity contribution in [1.29, 1.82) is 0 Å². The average molecular weight is 195 g/mol. The number of hydrogen-bond donors (Lipinski definition) is 0. The molecule has 1 heterocycles. The molecule has 0 aromatic carbocycles. The normalized spacial score (nSPS) is 29.5.